The molecule has 4 aromatic rings. The molecule has 1 atom stereocenters. The summed E-state index contributed by atoms with van der Waals surface area (Å²) in [5.74, 6) is 6.35. The van der Waals surface area contributed by atoms with Crippen LogP contribution in [0.15, 0.2) is 42.7 Å². The van der Waals surface area contributed by atoms with Crippen molar-refractivity contribution in [1.82, 2.24) is 29.6 Å². The summed E-state index contributed by atoms with van der Waals surface area (Å²) in [6.07, 6.45) is 3.28. The Kier molecular flexibility index (Phi) is 5.72. The molecule has 1 amide bonds. The van der Waals surface area contributed by atoms with Gasteiger partial charge in [0.15, 0.2) is 11.5 Å². The predicted octanol–water partition coefficient (Wildman–Crippen LogP) is 1.77. The van der Waals surface area contributed by atoms with Gasteiger partial charge in [0.05, 0.1) is 18.7 Å². The van der Waals surface area contributed by atoms with Crippen molar-refractivity contribution in [1.29, 1.82) is 0 Å². The summed E-state index contributed by atoms with van der Waals surface area (Å²) in [5, 5.41) is 16.1. The summed E-state index contributed by atoms with van der Waals surface area (Å²) in [6, 6.07) is 8.97. The number of aryl methyl sites for hydroxylation is 1. The number of morpholine rings is 1. The molecule has 5 rings (SSSR count). The van der Waals surface area contributed by atoms with Gasteiger partial charge in [-0.15, -0.1) is 0 Å². The van der Waals surface area contributed by atoms with Crippen LogP contribution in [0, 0.1) is 18.8 Å². The SMILES string of the molecule is Cc1cc(C(C)(O)C#Cc2ccc3c(C(=O)N4CCOCC4)nn(-c4ccnc(N)n4)c3c2)c[nH]1. The summed E-state index contributed by atoms with van der Waals surface area (Å²) >= 11 is 0. The van der Waals surface area contributed by atoms with Gasteiger partial charge in [0.1, 0.15) is 5.60 Å². The van der Waals surface area contributed by atoms with Crippen LogP contribution in [-0.4, -0.2) is 66.9 Å². The van der Waals surface area contributed by atoms with Crippen molar-refractivity contribution >= 4 is 22.8 Å². The lowest BCUT2D eigenvalue weighted by Gasteiger charge is -2.26. The number of amides is 1. The molecule has 3 aromatic heterocycles. The number of nitrogens with two attached hydrogens (primary N) is 1. The second-order valence-electron chi connectivity index (χ2n) is 8.56. The normalized spacial score (nSPS) is 15.5. The maximum Gasteiger partial charge on any atom is 0.275 e. The van der Waals surface area contributed by atoms with Crippen molar-refractivity contribution in [2.75, 3.05) is 32.0 Å². The lowest BCUT2D eigenvalue weighted by atomic mass is 9.99. The molecule has 4 N–H and O–H groups in total. The Morgan fingerprint density at radius 2 is 2.06 bits per heavy atom. The summed E-state index contributed by atoms with van der Waals surface area (Å²) in [5.41, 5.74) is 7.70. The number of hydrogen-bond acceptors (Lipinski definition) is 7. The lowest BCUT2D eigenvalue weighted by molar-refractivity contribution is 0.0300. The van der Waals surface area contributed by atoms with E-state index in [1.165, 1.54) is 6.20 Å². The van der Waals surface area contributed by atoms with Gasteiger partial charge in [-0.1, -0.05) is 11.8 Å². The molecule has 1 aromatic carbocycles. The summed E-state index contributed by atoms with van der Waals surface area (Å²) < 4.78 is 6.95. The average molecular weight is 472 g/mol. The highest BCUT2D eigenvalue weighted by Gasteiger charge is 2.25. The first kappa shape index (κ1) is 22.6. The molecular weight excluding hydrogens is 446 g/mol. The smallest absolute Gasteiger partial charge is 0.275 e. The highest BCUT2D eigenvalue weighted by Crippen LogP contribution is 2.25. The van der Waals surface area contributed by atoms with Gasteiger partial charge in [-0.25, -0.2) is 9.67 Å². The van der Waals surface area contributed by atoms with Gasteiger partial charge < -0.3 is 25.5 Å². The van der Waals surface area contributed by atoms with Crippen LogP contribution in [0.25, 0.3) is 16.7 Å². The zero-order valence-electron chi connectivity index (χ0n) is 19.4. The molecule has 4 heterocycles. The van der Waals surface area contributed by atoms with Gasteiger partial charge in [0.25, 0.3) is 5.91 Å². The van der Waals surface area contributed by atoms with Gasteiger partial charge in [0.2, 0.25) is 5.95 Å². The summed E-state index contributed by atoms with van der Waals surface area (Å²) in [4.78, 5) is 26.3. The highest BCUT2D eigenvalue weighted by molar-refractivity contribution is 6.05. The van der Waals surface area contributed by atoms with Crippen molar-refractivity contribution in [2.45, 2.75) is 19.4 Å². The minimum Gasteiger partial charge on any atom is -0.378 e. The van der Waals surface area contributed by atoms with E-state index in [9.17, 15) is 9.90 Å². The minimum atomic E-state index is -1.33. The monoisotopic (exact) mass is 471 g/mol. The Morgan fingerprint density at radius 3 is 2.77 bits per heavy atom. The Morgan fingerprint density at radius 1 is 1.26 bits per heavy atom. The number of carbonyl (C=O) groups is 1. The fraction of sp³-hybridized carbons (Fsp3) is 0.280. The number of aliphatic hydroxyl groups is 1. The fourth-order valence-corrected chi connectivity index (χ4v) is 3.98. The Balaban J connectivity index is 1.59. The van der Waals surface area contributed by atoms with Crippen LogP contribution in [0.5, 0.6) is 0 Å². The second-order valence-corrected chi connectivity index (χ2v) is 8.56. The molecule has 1 aliphatic rings. The maximum atomic E-state index is 13.3. The zero-order valence-corrected chi connectivity index (χ0v) is 19.4. The topological polar surface area (TPSA) is 135 Å². The van der Waals surface area contributed by atoms with Crippen LogP contribution in [0.3, 0.4) is 0 Å². The molecule has 0 radical (unpaired) electrons. The van der Waals surface area contributed by atoms with E-state index < -0.39 is 5.60 Å². The molecule has 1 unspecified atom stereocenters. The largest absolute Gasteiger partial charge is 0.378 e. The summed E-state index contributed by atoms with van der Waals surface area (Å²) in [7, 11) is 0. The first-order valence-electron chi connectivity index (χ1n) is 11.2. The maximum absolute atomic E-state index is 13.3. The molecule has 0 spiro atoms. The lowest BCUT2D eigenvalue weighted by Crippen LogP contribution is -2.41. The van der Waals surface area contributed by atoms with E-state index in [0.717, 1.165) is 5.69 Å². The van der Waals surface area contributed by atoms with Crippen molar-refractivity contribution in [3.05, 3.63) is 65.2 Å². The molecule has 10 nitrogen and oxygen atoms in total. The molecule has 0 saturated carbocycles. The average Bonchev–Trinajstić information content (AvgIpc) is 3.47. The number of H-pyrrole nitrogens is 1. The number of nitrogens with zero attached hydrogens (tertiary/aromatic N) is 5. The first-order valence-corrected chi connectivity index (χ1v) is 11.2. The van der Waals surface area contributed by atoms with Gasteiger partial charge >= 0.3 is 0 Å². The Bertz CT molecular complexity index is 1470. The number of nitrogen functional groups attached to an aromatic ring is 1. The van der Waals surface area contributed by atoms with E-state index in [0.29, 0.717) is 59.8 Å². The van der Waals surface area contributed by atoms with E-state index in [4.69, 9.17) is 10.5 Å². The number of benzene rings is 1. The molecule has 178 valence electrons. The molecule has 1 aliphatic heterocycles. The van der Waals surface area contributed by atoms with E-state index in [1.54, 1.807) is 28.8 Å². The highest BCUT2D eigenvalue weighted by atomic mass is 16.5. The third-order valence-corrected chi connectivity index (χ3v) is 5.90. The number of hydrogen-bond donors (Lipinski definition) is 3. The van der Waals surface area contributed by atoms with Gasteiger partial charge in [-0.05, 0) is 38.1 Å². The van der Waals surface area contributed by atoms with Crippen LogP contribution in [0.1, 0.15) is 34.2 Å². The third kappa shape index (κ3) is 4.47. The van der Waals surface area contributed by atoms with Crippen LogP contribution >= 0.6 is 0 Å². The molecule has 10 heteroatoms. The summed E-state index contributed by atoms with van der Waals surface area (Å²) in [6.45, 7) is 5.56. The number of nitrogens with one attached hydrogen (secondary N) is 1. The standard InChI is InChI=1S/C25H25N7O3/c1-16-13-18(15-28-16)25(2,34)7-5-17-3-4-19-20(14-17)32(21-6-8-27-24(26)29-21)30-22(19)23(33)31-9-11-35-12-10-31/h3-4,6,8,13-15,28,34H,9-12H2,1-2H3,(H2,26,27,29). The number of ether oxygens (including phenoxy) is 1. The van der Waals surface area contributed by atoms with Crippen molar-refractivity contribution < 1.29 is 14.6 Å². The van der Waals surface area contributed by atoms with E-state index in [-0.39, 0.29) is 11.9 Å². The van der Waals surface area contributed by atoms with Crippen LogP contribution in [0.2, 0.25) is 0 Å². The predicted molar refractivity (Wildman–Crippen MR) is 130 cm³/mol. The van der Waals surface area contributed by atoms with Crippen LogP contribution < -0.4 is 5.73 Å². The quantitative estimate of drug-likeness (QED) is 0.388. The molecule has 0 aliphatic carbocycles. The molecule has 35 heavy (non-hydrogen) atoms. The van der Waals surface area contributed by atoms with Crippen molar-refractivity contribution in [3.8, 4) is 17.7 Å². The van der Waals surface area contributed by atoms with E-state index >= 15 is 0 Å². The first-order chi connectivity index (χ1) is 16.8. The number of carbonyl (C=O) groups excluding carboxylic acids is 1. The van der Waals surface area contributed by atoms with Crippen molar-refractivity contribution in [2.24, 2.45) is 0 Å². The Hall–Kier alpha value is -4.20. The second kappa shape index (κ2) is 8.87. The number of aromatic nitrogens is 5. The minimum absolute atomic E-state index is 0.0981. The van der Waals surface area contributed by atoms with Crippen LogP contribution in [0.4, 0.5) is 5.95 Å². The molecule has 1 saturated heterocycles. The van der Waals surface area contributed by atoms with Gasteiger partial charge in [-0.3, -0.25) is 4.79 Å². The molecule has 0 bridgehead atoms. The Labute approximate surface area is 201 Å². The third-order valence-electron chi connectivity index (χ3n) is 5.90. The number of anilines is 1. The zero-order chi connectivity index (χ0) is 24.6. The number of aromatic amines is 1. The van der Waals surface area contributed by atoms with Crippen molar-refractivity contribution in [3.63, 3.8) is 0 Å². The van der Waals surface area contributed by atoms with Crippen LogP contribution in [-0.2, 0) is 10.3 Å². The molecule has 1 fully saturated rings. The van der Waals surface area contributed by atoms with Gasteiger partial charge in [0, 0.05) is 53.8 Å². The molecular formula is C25H25N7O3. The van der Waals surface area contributed by atoms with Gasteiger partial charge in [-0.2, -0.15) is 10.1 Å². The fourth-order valence-electron chi connectivity index (χ4n) is 3.98. The number of fused-ring (bicyclic) bond motifs is 1. The number of rotatable bonds is 3. The van der Waals surface area contributed by atoms with E-state index in [1.807, 2.05) is 31.2 Å². The van der Waals surface area contributed by atoms with E-state index in [2.05, 4.69) is 31.9 Å².